The lowest BCUT2D eigenvalue weighted by molar-refractivity contribution is -0.114. The summed E-state index contributed by atoms with van der Waals surface area (Å²) in [7, 11) is 0. The molecule has 1 saturated heterocycles. The molecule has 2 heterocycles. The summed E-state index contributed by atoms with van der Waals surface area (Å²) in [5, 5.41) is 3.62. The number of amidine groups is 1. The van der Waals surface area contributed by atoms with Crippen molar-refractivity contribution >= 4 is 40.6 Å². The van der Waals surface area contributed by atoms with Gasteiger partial charge in [-0.1, -0.05) is 48.7 Å². The fourth-order valence-electron chi connectivity index (χ4n) is 4.57. The van der Waals surface area contributed by atoms with Gasteiger partial charge in [0.15, 0.2) is 17.1 Å². The van der Waals surface area contributed by atoms with Gasteiger partial charge >= 0.3 is 0 Å². The van der Waals surface area contributed by atoms with Gasteiger partial charge in [-0.15, -0.1) is 9.60 Å². The largest absolute Gasteiger partial charge is 0.364 e. The molecule has 2 aromatic carbocycles. The molecule has 2 aliphatic rings. The first-order valence-corrected chi connectivity index (χ1v) is 11.0. The number of aliphatic imine (C=N–C) groups is 1. The Morgan fingerprint density at radius 3 is 2.33 bits per heavy atom. The highest BCUT2D eigenvalue weighted by molar-refractivity contribution is 6.35. The summed E-state index contributed by atoms with van der Waals surface area (Å²) in [4.78, 5) is 17.3. The van der Waals surface area contributed by atoms with Gasteiger partial charge in [-0.2, -0.15) is 4.99 Å². The minimum Gasteiger partial charge on any atom is -0.364 e. The van der Waals surface area contributed by atoms with E-state index in [0.29, 0.717) is 28.0 Å². The lowest BCUT2D eigenvalue weighted by Crippen LogP contribution is -2.64. The van der Waals surface area contributed by atoms with Crippen LogP contribution in [0.1, 0.15) is 38.2 Å². The Kier molecular flexibility index (Phi) is 5.98. The number of rotatable bonds is 5. The SMILES string of the molecule is CCC1=C(C(N)=O)N=C(c2ccccc2Cl)[N+]1(c1ccc(Cl)cc1)N1CCCCC1. The smallest absolute Gasteiger partial charge is 0.273 e. The number of carbonyl (C=O) groups excluding carboxylic acids is 1. The van der Waals surface area contributed by atoms with Crippen molar-refractivity contribution in [3.63, 3.8) is 0 Å². The predicted octanol–water partition coefficient (Wildman–Crippen LogP) is 5.27. The molecule has 5 nitrogen and oxygen atoms in total. The van der Waals surface area contributed by atoms with Gasteiger partial charge in [-0.25, -0.2) is 0 Å². The van der Waals surface area contributed by atoms with Gasteiger partial charge in [0.1, 0.15) is 0 Å². The standard InChI is InChI=1S/C23H24Cl2N4O/c1-2-20-21(22(26)30)27-23(18-8-4-5-9-19(18)25)29(20,28-14-6-3-7-15-28)17-12-10-16(24)11-13-17/h4-5,8-13H,2-3,6-7,14-15H2,1H3,(H-,26,30)/p+1. The van der Waals surface area contributed by atoms with Crippen LogP contribution in [0, 0.1) is 0 Å². The second kappa shape index (κ2) is 8.52. The van der Waals surface area contributed by atoms with E-state index in [0.717, 1.165) is 42.9 Å². The number of quaternary nitrogens is 1. The fraction of sp³-hybridized carbons (Fsp3) is 0.304. The summed E-state index contributed by atoms with van der Waals surface area (Å²) < 4.78 is 0.232. The van der Waals surface area contributed by atoms with E-state index >= 15 is 0 Å². The fourth-order valence-corrected chi connectivity index (χ4v) is 4.92. The van der Waals surface area contributed by atoms with Gasteiger partial charge in [-0.05, 0) is 37.1 Å². The highest BCUT2D eigenvalue weighted by atomic mass is 35.5. The molecule has 1 fully saturated rings. The molecule has 4 rings (SSSR count). The predicted molar refractivity (Wildman–Crippen MR) is 123 cm³/mol. The van der Waals surface area contributed by atoms with Crippen molar-refractivity contribution in [2.45, 2.75) is 32.6 Å². The maximum Gasteiger partial charge on any atom is 0.273 e. The number of hydrogen-bond acceptors (Lipinski definition) is 3. The highest BCUT2D eigenvalue weighted by Gasteiger charge is 2.54. The molecule has 0 bridgehead atoms. The number of amides is 1. The molecule has 2 aliphatic heterocycles. The normalized spacial score (nSPS) is 22.3. The molecule has 0 saturated carbocycles. The summed E-state index contributed by atoms with van der Waals surface area (Å²) in [6.07, 6.45) is 3.96. The van der Waals surface area contributed by atoms with Crippen molar-refractivity contribution < 1.29 is 4.79 Å². The molecule has 7 heteroatoms. The van der Waals surface area contributed by atoms with Crippen LogP contribution in [-0.2, 0) is 4.79 Å². The number of piperidine rings is 1. The number of carbonyl (C=O) groups is 1. The Morgan fingerprint density at radius 2 is 1.73 bits per heavy atom. The van der Waals surface area contributed by atoms with E-state index < -0.39 is 5.91 Å². The molecule has 0 aliphatic carbocycles. The molecule has 156 valence electrons. The van der Waals surface area contributed by atoms with Gasteiger partial charge in [0.2, 0.25) is 0 Å². The minimum atomic E-state index is -0.526. The average molecular weight is 444 g/mol. The summed E-state index contributed by atoms with van der Waals surface area (Å²) in [5.74, 6) is 0.179. The lowest BCUT2D eigenvalue weighted by atomic mass is 10.1. The number of halogens is 2. The van der Waals surface area contributed by atoms with E-state index in [-0.39, 0.29) is 4.59 Å². The van der Waals surface area contributed by atoms with Crippen LogP contribution in [0.3, 0.4) is 0 Å². The van der Waals surface area contributed by atoms with Crippen molar-refractivity contribution in [1.82, 2.24) is 9.60 Å². The lowest BCUT2D eigenvalue weighted by Gasteiger charge is -2.45. The summed E-state index contributed by atoms with van der Waals surface area (Å²) in [6.45, 7) is 3.79. The first kappa shape index (κ1) is 21.1. The maximum absolute atomic E-state index is 12.5. The Hall–Kier alpha value is -2.18. The summed E-state index contributed by atoms with van der Waals surface area (Å²) in [5.41, 5.74) is 8.74. The third-order valence-corrected chi connectivity index (χ3v) is 6.41. The number of benzene rings is 2. The van der Waals surface area contributed by atoms with E-state index in [1.165, 1.54) is 6.42 Å². The molecule has 2 N–H and O–H groups in total. The van der Waals surface area contributed by atoms with Crippen LogP contribution in [0.4, 0.5) is 5.69 Å². The second-order valence-corrected chi connectivity index (χ2v) is 8.40. The summed E-state index contributed by atoms with van der Waals surface area (Å²) in [6, 6.07) is 15.4. The van der Waals surface area contributed by atoms with Crippen molar-refractivity contribution in [2.24, 2.45) is 10.7 Å². The Labute approximate surface area is 187 Å². The molecule has 2 aromatic rings. The molecular formula is C23H25Cl2N4O+. The number of allylic oxidation sites excluding steroid dienone is 1. The van der Waals surface area contributed by atoms with Gasteiger partial charge in [-0.3, -0.25) is 4.79 Å². The van der Waals surface area contributed by atoms with Crippen LogP contribution in [0.2, 0.25) is 10.0 Å². The molecule has 1 atom stereocenters. The molecule has 0 aromatic heterocycles. The number of hydrogen-bond donors (Lipinski definition) is 1. The van der Waals surface area contributed by atoms with Gasteiger partial charge < -0.3 is 5.73 Å². The van der Waals surface area contributed by atoms with Crippen molar-refractivity contribution in [3.05, 3.63) is 75.5 Å². The number of nitrogens with two attached hydrogens (primary N) is 1. The number of primary amides is 1. The van der Waals surface area contributed by atoms with E-state index in [9.17, 15) is 4.79 Å². The van der Waals surface area contributed by atoms with E-state index in [4.69, 9.17) is 33.9 Å². The van der Waals surface area contributed by atoms with Crippen LogP contribution in [0.15, 0.2) is 64.9 Å². The first-order chi connectivity index (χ1) is 14.5. The molecule has 30 heavy (non-hydrogen) atoms. The molecule has 1 amide bonds. The average Bonchev–Trinajstić information content (AvgIpc) is 3.11. The van der Waals surface area contributed by atoms with E-state index in [1.807, 2.05) is 55.5 Å². The van der Waals surface area contributed by atoms with Crippen LogP contribution < -0.4 is 10.3 Å². The topological polar surface area (TPSA) is 58.7 Å². The highest BCUT2D eigenvalue weighted by Crippen LogP contribution is 2.44. The second-order valence-electron chi connectivity index (χ2n) is 7.55. The molecular weight excluding hydrogens is 419 g/mol. The Morgan fingerprint density at radius 1 is 1.07 bits per heavy atom. The summed E-state index contributed by atoms with van der Waals surface area (Å²) >= 11 is 12.9. The van der Waals surface area contributed by atoms with Crippen LogP contribution in [-0.4, -0.2) is 29.8 Å². The van der Waals surface area contributed by atoms with E-state index in [2.05, 4.69) is 5.01 Å². The Bertz CT molecular complexity index is 1030. The number of nitrogens with zero attached hydrogens (tertiary/aromatic N) is 3. The molecule has 1 unspecified atom stereocenters. The zero-order chi connectivity index (χ0) is 21.3. The maximum atomic E-state index is 12.5. The van der Waals surface area contributed by atoms with Crippen molar-refractivity contribution in [3.8, 4) is 0 Å². The molecule has 0 radical (unpaired) electrons. The van der Waals surface area contributed by atoms with Gasteiger partial charge in [0, 0.05) is 36.7 Å². The van der Waals surface area contributed by atoms with Crippen LogP contribution >= 0.6 is 23.2 Å². The first-order valence-electron chi connectivity index (χ1n) is 10.3. The Balaban J connectivity index is 2.06. The minimum absolute atomic E-state index is 0.232. The van der Waals surface area contributed by atoms with Gasteiger partial charge in [0.25, 0.3) is 11.7 Å². The third-order valence-electron chi connectivity index (χ3n) is 5.83. The third kappa shape index (κ3) is 3.36. The zero-order valence-corrected chi connectivity index (χ0v) is 18.5. The van der Waals surface area contributed by atoms with Crippen molar-refractivity contribution in [1.29, 1.82) is 0 Å². The monoisotopic (exact) mass is 443 g/mol. The quantitative estimate of drug-likeness (QED) is 0.639. The van der Waals surface area contributed by atoms with Crippen LogP contribution in [0.5, 0.6) is 0 Å². The van der Waals surface area contributed by atoms with Crippen LogP contribution in [0.25, 0.3) is 0 Å². The molecule has 0 spiro atoms. The zero-order valence-electron chi connectivity index (χ0n) is 16.9. The van der Waals surface area contributed by atoms with E-state index in [1.54, 1.807) is 0 Å². The van der Waals surface area contributed by atoms with Gasteiger partial charge in [0.05, 0.1) is 10.6 Å². The van der Waals surface area contributed by atoms with Crippen molar-refractivity contribution in [2.75, 3.05) is 13.1 Å².